The smallest absolute Gasteiger partial charge is 0.146 e. The van der Waals surface area contributed by atoms with Crippen molar-refractivity contribution in [3.05, 3.63) is 72.8 Å². The van der Waals surface area contributed by atoms with E-state index in [1.807, 2.05) is 6.92 Å². The maximum Gasteiger partial charge on any atom is 0.146 e. The Bertz CT molecular complexity index is 867. The molecular weight excluding hydrogens is 396 g/mol. The van der Waals surface area contributed by atoms with Crippen LogP contribution in [-0.4, -0.2) is 19.6 Å². The maximum absolute atomic E-state index is 12.4. The molecule has 0 aliphatic heterocycles. The zero-order valence-corrected chi connectivity index (χ0v) is 20.5. The fourth-order valence-corrected chi connectivity index (χ4v) is 10.4. The van der Waals surface area contributed by atoms with Crippen molar-refractivity contribution in [1.82, 2.24) is 0 Å². The minimum atomic E-state index is -2.11. The molecule has 1 aliphatic rings. The monoisotopic (exact) mass is 432 g/mol. The molecule has 0 spiro atoms. The number of allylic oxidation sites excluding steroid dienone is 2. The lowest BCUT2D eigenvalue weighted by atomic mass is 9.71. The van der Waals surface area contributed by atoms with Crippen LogP contribution in [0.4, 0.5) is 0 Å². The predicted octanol–water partition coefficient (Wildman–Crippen LogP) is 5.71. The average molecular weight is 433 g/mol. The van der Waals surface area contributed by atoms with Crippen LogP contribution < -0.4 is 10.4 Å². The molecule has 2 aromatic carbocycles. The van der Waals surface area contributed by atoms with Gasteiger partial charge in [-0.2, -0.15) is 0 Å². The number of rotatable bonds is 7. The Balaban J connectivity index is 1.86. The van der Waals surface area contributed by atoms with E-state index in [0.29, 0.717) is 19.3 Å². The molecule has 1 saturated carbocycles. The quantitative estimate of drug-likeness (QED) is 0.319. The summed E-state index contributed by atoms with van der Waals surface area (Å²) < 4.78 is 0. The molecule has 0 N–H and O–H groups in total. The van der Waals surface area contributed by atoms with Crippen LogP contribution in [0.5, 0.6) is 0 Å². The lowest BCUT2D eigenvalue weighted by Crippen LogP contribution is -2.63. The summed E-state index contributed by atoms with van der Waals surface area (Å²) in [5.74, 6) is 0.258. The molecule has 2 nitrogen and oxygen atoms in total. The van der Waals surface area contributed by atoms with Gasteiger partial charge in [-0.05, 0) is 37.3 Å². The van der Waals surface area contributed by atoms with E-state index in [1.54, 1.807) is 0 Å². The topological polar surface area (TPSA) is 34.1 Å². The van der Waals surface area contributed by atoms with Gasteiger partial charge in [-0.1, -0.05) is 104 Å². The summed E-state index contributed by atoms with van der Waals surface area (Å²) in [6.45, 7) is 8.96. The van der Waals surface area contributed by atoms with Gasteiger partial charge in [0, 0.05) is 12.8 Å². The molecule has 0 aromatic heterocycles. The fourth-order valence-electron chi connectivity index (χ4n) is 5.17. The van der Waals surface area contributed by atoms with Crippen molar-refractivity contribution < 1.29 is 9.59 Å². The van der Waals surface area contributed by atoms with Crippen molar-refractivity contribution in [1.29, 1.82) is 0 Å². The third-order valence-electron chi connectivity index (χ3n) is 7.25. The first-order chi connectivity index (χ1) is 14.7. The molecule has 0 radical (unpaired) electrons. The number of carbonyl (C=O) groups excluding carboxylic acids is 2. The molecule has 0 saturated heterocycles. The van der Waals surface area contributed by atoms with Gasteiger partial charge >= 0.3 is 0 Å². The van der Waals surface area contributed by atoms with Crippen molar-refractivity contribution in [2.45, 2.75) is 70.9 Å². The SMILES string of the molecule is CC1(CC/C=C\C[Si](c2ccccc2)(c2ccccc2)C(C)(C)C)C(=O)CCCC1=O. The Kier molecular flexibility index (Phi) is 7.16. The first-order valence-electron chi connectivity index (χ1n) is 11.5. The maximum atomic E-state index is 12.4. The lowest BCUT2D eigenvalue weighted by molar-refractivity contribution is -0.143. The largest absolute Gasteiger partial charge is 0.299 e. The molecule has 0 atom stereocenters. The molecule has 3 rings (SSSR count). The van der Waals surface area contributed by atoms with Crippen LogP contribution in [0.25, 0.3) is 0 Å². The molecule has 1 aliphatic carbocycles. The molecule has 2 aromatic rings. The first kappa shape index (κ1) is 23.4. The summed E-state index contributed by atoms with van der Waals surface area (Å²) in [7, 11) is -2.11. The Hall–Kier alpha value is -2.26. The Labute approximate surface area is 188 Å². The second kappa shape index (κ2) is 9.48. The van der Waals surface area contributed by atoms with Crippen molar-refractivity contribution in [3.63, 3.8) is 0 Å². The zero-order chi connectivity index (χ0) is 22.5. The molecule has 0 heterocycles. The van der Waals surface area contributed by atoms with E-state index in [1.165, 1.54) is 10.4 Å². The van der Waals surface area contributed by atoms with E-state index in [-0.39, 0.29) is 16.6 Å². The van der Waals surface area contributed by atoms with E-state index >= 15 is 0 Å². The lowest BCUT2D eigenvalue weighted by Gasteiger charge is -2.43. The van der Waals surface area contributed by atoms with Gasteiger partial charge in [0.2, 0.25) is 0 Å². The van der Waals surface area contributed by atoms with Crippen LogP contribution in [0.2, 0.25) is 11.1 Å². The van der Waals surface area contributed by atoms with Gasteiger partial charge in [0.1, 0.15) is 19.6 Å². The highest BCUT2D eigenvalue weighted by atomic mass is 28.3. The first-order valence-corrected chi connectivity index (χ1v) is 13.8. The van der Waals surface area contributed by atoms with E-state index < -0.39 is 13.5 Å². The molecule has 0 unspecified atom stereocenters. The van der Waals surface area contributed by atoms with E-state index in [2.05, 4.69) is 93.6 Å². The van der Waals surface area contributed by atoms with Crippen LogP contribution in [0, 0.1) is 5.41 Å². The van der Waals surface area contributed by atoms with Crippen LogP contribution in [-0.2, 0) is 9.59 Å². The van der Waals surface area contributed by atoms with Gasteiger partial charge in [-0.25, -0.2) is 0 Å². The number of benzene rings is 2. The van der Waals surface area contributed by atoms with E-state index in [0.717, 1.165) is 18.9 Å². The Morgan fingerprint density at radius 1 is 0.839 bits per heavy atom. The predicted molar refractivity (Wildman–Crippen MR) is 133 cm³/mol. The fraction of sp³-hybridized carbons (Fsp3) is 0.429. The second-order valence-electron chi connectivity index (χ2n) is 10.1. The van der Waals surface area contributed by atoms with Gasteiger partial charge < -0.3 is 0 Å². The van der Waals surface area contributed by atoms with Gasteiger partial charge in [-0.3, -0.25) is 9.59 Å². The van der Waals surface area contributed by atoms with Crippen molar-refractivity contribution in [3.8, 4) is 0 Å². The highest BCUT2D eigenvalue weighted by Gasteiger charge is 2.46. The molecule has 1 fully saturated rings. The number of carbonyl (C=O) groups is 2. The molecular formula is C28H36O2Si. The van der Waals surface area contributed by atoms with Crippen molar-refractivity contribution >= 4 is 30.0 Å². The number of hydrogen-bond donors (Lipinski definition) is 0. The standard InChI is InChI=1S/C28H36O2Si/c1-27(2,3)31(23-15-8-5-9-16-23,24-17-10-6-11-18-24)22-13-7-12-21-28(4)25(29)19-14-20-26(28)30/h5-11,13,15-18H,12,14,19-22H2,1-4H3/b13-7-. The third kappa shape index (κ3) is 4.67. The van der Waals surface area contributed by atoms with E-state index in [4.69, 9.17) is 0 Å². The van der Waals surface area contributed by atoms with Gasteiger partial charge in [0.25, 0.3) is 0 Å². The Morgan fingerprint density at radius 2 is 1.32 bits per heavy atom. The number of ketones is 2. The number of hydrogen-bond acceptors (Lipinski definition) is 2. The summed E-state index contributed by atoms with van der Waals surface area (Å²) in [6, 6.07) is 22.9. The highest BCUT2D eigenvalue weighted by molar-refractivity contribution is 7.04. The van der Waals surface area contributed by atoms with Crippen LogP contribution >= 0.6 is 0 Å². The summed E-state index contributed by atoms with van der Waals surface area (Å²) >= 11 is 0. The molecule has 164 valence electrons. The molecule has 0 amide bonds. The summed E-state index contributed by atoms with van der Waals surface area (Å²) in [5.41, 5.74) is -0.778. The highest BCUT2D eigenvalue weighted by Crippen LogP contribution is 2.39. The van der Waals surface area contributed by atoms with Gasteiger partial charge in [-0.15, -0.1) is 0 Å². The third-order valence-corrected chi connectivity index (χ3v) is 13.3. The molecule has 0 bridgehead atoms. The van der Waals surface area contributed by atoms with E-state index in [9.17, 15) is 9.59 Å². The summed E-state index contributed by atoms with van der Waals surface area (Å²) in [5, 5.41) is 3.02. The van der Waals surface area contributed by atoms with Gasteiger partial charge in [0.15, 0.2) is 0 Å². The second-order valence-corrected chi connectivity index (χ2v) is 15.0. The normalized spacial score (nSPS) is 17.3. The molecule has 3 heteroatoms. The summed E-state index contributed by atoms with van der Waals surface area (Å²) in [6.07, 6.45) is 7.74. The van der Waals surface area contributed by atoms with Crippen LogP contribution in [0.1, 0.15) is 59.8 Å². The minimum absolute atomic E-state index is 0.126. The van der Waals surface area contributed by atoms with Crippen LogP contribution in [0.3, 0.4) is 0 Å². The number of Topliss-reactive ketones (excluding diaryl/α,β-unsaturated/α-hetero) is 2. The molecule has 31 heavy (non-hydrogen) atoms. The minimum Gasteiger partial charge on any atom is -0.299 e. The zero-order valence-electron chi connectivity index (χ0n) is 19.5. The Morgan fingerprint density at radius 3 is 1.77 bits per heavy atom. The summed E-state index contributed by atoms with van der Waals surface area (Å²) in [4.78, 5) is 24.8. The average Bonchev–Trinajstić information content (AvgIpc) is 2.75. The van der Waals surface area contributed by atoms with Gasteiger partial charge in [0.05, 0.1) is 5.41 Å². The van der Waals surface area contributed by atoms with Crippen molar-refractivity contribution in [2.24, 2.45) is 5.41 Å². The van der Waals surface area contributed by atoms with Crippen LogP contribution in [0.15, 0.2) is 72.8 Å². The van der Waals surface area contributed by atoms with Crippen molar-refractivity contribution in [2.75, 3.05) is 0 Å².